The number of rotatable bonds is 7. The highest BCUT2D eigenvalue weighted by Crippen LogP contribution is 2.26. The fourth-order valence-electron chi connectivity index (χ4n) is 3.13. The Balaban J connectivity index is 2.18. The molecule has 1 saturated heterocycles. The van der Waals surface area contributed by atoms with Crippen molar-refractivity contribution in [1.82, 2.24) is 4.90 Å². The van der Waals surface area contributed by atoms with Crippen LogP contribution in [0.5, 0.6) is 0 Å². The lowest BCUT2D eigenvalue weighted by molar-refractivity contribution is -0.135. The van der Waals surface area contributed by atoms with Crippen LogP contribution < -0.4 is 0 Å². The molecule has 26 heavy (non-hydrogen) atoms. The summed E-state index contributed by atoms with van der Waals surface area (Å²) >= 11 is 0. The SMILES string of the molecule is C=C(C)[C@H](O[Si](C)(C)C)[C@H](C)C(=O)N1C(=O)OC[C@H]1Cc1ccccc1. The second kappa shape index (κ2) is 8.18. The number of benzene rings is 1. The Labute approximate surface area is 157 Å². The number of carbonyl (C=O) groups excluding carboxylic acids is 2. The third-order valence-electron chi connectivity index (χ3n) is 4.32. The molecule has 1 aliphatic heterocycles. The van der Waals surface area contributed by atoms with Crippen LogP contribution in [0.4, 0.5) is 4.79 Å². The van der Waals surface area contributed by atoms with Crippen molar-refractivity contribution in [2.24, 2.45) is 5.92 Å². The molecule has 1 heterocycles. The molecule has 142 valence electrons. The summed E-state index contributed by atoms with van der Waals surface area (Å²) in [4.78, 5) is 26.6. The molecule has 0 spiro atoms. The zero-order chi connectivity index (χ0) is 19.5. The van der Waals surface area contributed by atoms with E-state index in [0.717, 1.165) is 11.1 Å². The maximum atomic E-state index is 13.1. The van der Waals surface area contributed by atoms with Gasteiger partial charge in [-0.25, -0.2) is 9.69 Å². The zero-order valence-corrected chi connectivity index (χ0v) is 17.3. The summed E-state index contributed by atoms with van der Waals surface area (Å²) in [6.45, 7) is 14.1. The van der Waals surface area contributed by atoms with E-state index in [0.29, 0.717) is 6.42 Å². The first-order valence-electron chi connectivity index (χ1n) is 8.97. The van der Waals surface area contributed by atoms with Gasteiger partial charge in [-0.1, -0.05) is 49.4 Å². The number of hydrogen-bond donors (Lipinski definition) is 0. The van der Waals surface area contributed by atoms with Gasteiger partial charge < -0.3 is 9.16 Å². The molecule has 2 amide bonds. The Bertz CT molecular complexity index is 668. The average molecular weight is 376 g/mol. The number of imide groups is 1. The van der Waals surface area contributed by atoms with Crippen LogP contribution >= 0.6 is 0 Å². The highest BCUT2D eigenvalue weighted by atomic mass is 28.4. The Morgan fingerprint density at radius 3 is 2.50 bits per heavy atom. The van der Waals surface area contributed by atoms with E-state index in [1.54, 1.807) is 6.92 Å². The summed E-state index contributed by atoms with van der Waals surface area (Å²) in [7, 11) is -1.87. The standard InChI is InChI=1S/C20H29NO4Si/c1-14(2)18(25-26(4,5)6)15(3)19(22)21-17(13-24-20(21)23)12-16-10-8-7-9-11-16/h7-11,15,17-18H,1,12-13H2,2-6H3/t15-,17+,18-/m0/s1. The van der Waals surface area contributed by atoms with Crippen LogP contribution in [0.15, 0.2) is 42.5 Å². The average Bonchev–Trinajstić information content (AvgIpc) is 2.91. The molecule has 1 fully saturated rings. The third kappa shape index (κ3) is 5.05. The number of nitrogens with zero attached hydrogens (tertiary/aromatic N) is 1. The van der Waals surface area contributed by atoms with E-state index in [4.69, 9.17) is 9.16 Å². The fraction of sp³-hybridized carbons (Fsp3) is 0.500. The van der Waals surface area contributed by atoms with E-state index >= 15 is 0 Å². The highest BCUT2D eigenvalue weighted by Gasteiger charge is 2.42. The van der Waals surface area contributed by atoms with Crippen LogP contribution in [0.2, 0.25) is 19.6 Å². The first-order chi connectivity index (χ1) is 12.1. The van der Waals surface area contributed by atoms with Gasteiger partial charge in [-0.05, 0) is 38.5 Å². The van der Waals surface area contributed by atoms with E-state index < -0.39 is 26.4 Å². The van der Waals surface area contributed by atoms with Gasteiger partial charge in [0.1, 0.15) is 6.61 Å². The van der Waals surface area contributed by atoms with Crippen LogP contribution in [-0.4, -0.2) is 44.0 Å². The number of ether oxygens (including phenoxy) is 1. The third-order valence-corrected chi connectivity index (χ3v) is 5.28. The molecule has 0 radical (unpaired) electrons. The topological polar surface area (TPSA) is 55.8 Å². The largest absolute Gasteiger partial charge is 0.447 e. The second-order valence-corrected chi connectivity index (χ2v) is 12.4. The van der Waals surface area contributed by atoms with E-state index in [-0.39, 0.29) is 18.6 Å². The Hall–Kier alpha value is -1.92. The Morgan fingerprint density at radius 2 is 1.96 bits per heavy atom. The second-order valence-electron chi connectivity index (χ2n) is 7.91. The van der Waals surface area contributed by atoms with Gasteiger partial charge in [0.25, 0.3) is 0 Å². The van der Waals surface area contributed by atoms with Gasteiger partial charge in [0, 0.05) is 0 Å². The molecule has 6 heteroatoms. The predicted molar refractivity (Wildman–Crippen MR) is 104 cm³/mol. The van der Waals surface area contributed by atoms with Crippen LogP contribution in [-0.2, 0) is 20.4 Å². The summed E-state index contributed by atoms with van der Waals surface area (Å²) in [5.41, 5.74) is 1.86. The molecule has 1 aromatic rings. The van der Waals surface area contributed by atoms with Crippen molar-refractivity contribution >= 4 is 20.3 Å². The van der Waals surface area contributed by atoms with Crippen LogP contribution in [0, 0.1) is 5.92 Å². The summed E-state index contributed by atoms with van der Waals surface area (Å²) in [5.74, 6) is -0.761. The smallest absolute Gasteiger partial charge is 0.416 e. The summed E-state index contributed by atoms with van der Waals surface area (Å²) in [6, 6.07) is 9.51. The molecule has 0 N–H and O–H groups in total. The molecular formula is C20H29NO4Si. The molecule has 0 aliphatic carbocycles. The molecule has 2 rings (SSSR count). The van der Waals surface area contributed by atoms with Crippen LogP contribution in [0.25, 0.3) is 0 Å². The van der Waals surface area contributed by atoms with Gasteiger partial charge in [-0.15, -0.1) is 0 Å². The maximum absolute atomic E-state index is 13.1. The molecule has 0 aromatic heterocycles. The summed E-state index contributed by atoms with van der Waals surface area (Å²) < 4.78 is 11.3. The lowest BCUT2D eigenvalue weighted by atomic mass is 9.96. The lowest BCUT2D eigenvalue weighted by Gasteiger charge is -2.32. The van der Waals surface area contributed by atoms with Gasteiger partial charge in [0.05, 0.1) is 18.1 Å². The van der Waals surface area contributed by atoms with Crippen molar-refractivity contribution in [3.05, 3.63) is 48.0 Å². The molecule has 3 atom stereocenters. The fourth-order valence-corrected chi connectivity index (χ4v) is 4.29. The van der Waals surface area contributed by atoms with Gasteiger partial charge in [-0.3, -0.25) is 4.79 Å². The van der Waals surface area contributed by atoms with Crippen LogP contribution in [0.3, 0.4) is 0 Å². The molecule has 1 aromatic carbocycles. The molecule has 1 aliphatic rings. The monoisotopic (exact) mass is 375 g/mol. The minimum Gasteiger partial charge on any atom is -0.447 e. The van der Waals surface area contributed by atoms with Crippen LogP contribution in [0.1, 0.15) is 19.4 Å². The summed E-state index contributed by atoms with van der Waals surface area (Å²) in [5, 5.41) is 0. The molecule has 0 saturated carbocycles. The molecular weight excluding hydrogens is 346 g/mol. The number of amides is 2. The van der Waals surface area contributed by atoms with Crippen molar-refractivity contribution in [2.75, 3.05) is 6.61 Å². The van der Waals surface area contributed by atoms with E-state index in [1.807, 2.05) is 37.3 Å². The zero-order valence-electron chi connectivity index (χ0n) is 16.3. The minimum absolute atomic E-state index is 0.221. The Kier molecular flexibility index (Phi) is 6.42. The van der Waals surface area contributed by atoms with Gasteiger partial charge in [0.2, 0.25) is 5.91 Å². The Morgan fingerprint density at radius 1 is 1.35 bits per heavy atom. The van der Waals surface area contributed by atoms with Crippen molar-refractivity contribution < 1.29 is 18.8 Å². The molecule has 0 unspecified atom stereocenters. The van der Waals surface area contributed by atoms with E-state index in [2.05, 4.69) is 26.2 Å². The maximum Gasteiger partial charge on any atom is 0.416 e. The predicted octanol–water partition coefficient (Wildman–Crippen LogP) is 4.01. The first-order valence-corrected chi connectivity index (χ1v) is 12.4. The molecule has 0 bridgehead atoms. The number of cyclic esters (lactones) is 1. The quantitative estimate of drug-likeness (QED) is 0.534. The van der Waals surface area contributed by atoms with E-state index in [1.165, 1.54) is 4.90 Å². The number of carbonyl (C=O) groups is 2. The van der Waals surface area contributed by atoms with Gasteiger partial charge in [0.15, 0.2) is 8.32 Å². The normalized spacial score (nSPS) is 19.8. The van der Waals surface area contributed by atoms with Crippen molar-refractivity contribution in [3.8, 4) is 0 Å². The molecule has 5 nitrogen and oxygen atoms in total. The summed E-state index contributed by atoms with van der Waals surface area (Å²) in [6.07, 6.45) is -0.395. The van der Waals surface area contributed by atoms with Gasteiger partial charge in [-0.2, -0.15) is 0 Å². The van der Waals surface area contributed by atoms with Crippen molar-refractivity contribution in [2.45, 2.75) is 52.1 Å². The van der Waals surface area contributed by atoms with Gasteiger partial charge >= 0.3 is 6.09 Å². The van der Waals surface area contributed by atoms with E-state index in [9.17, 15) is 9.59 Å². The van der Waals surface area contributed by atoms with Crippen molar-refractivity contribution in [3.63, 3.8) is 0 Å². The van der Waals surface area contributed by atoms with Crippen molar-refractivity contribution in [1.29, 1.82) is 0 Å². The number of hydrogen-bond acceptors (Lipinski definition) is 4. The lowest BCUT2D eigenvalue weighted by Crippen LogP contribution is -2.48. The first kappa shape index (κ1) is 20.4. The highest BCUT2D eigenvalue weighted by molar-refractivity contribution is 6.69. The minimum atomic E-state index is -1.87.